The van der Waals surface area contributed by atoms with Gasteiger partial charge in [-0.1, -0.05) is 6.92 Å². The Morgan fingerprint density at radius 3 is 2.25 bits per heavy atom. The molecule has 1 atom stereocenters. The molecule has 1 aliphatic rings. The molecule has 0 saturated carbocycles. The number of phenols is 3. The molecule has 20 heavy (non-hydrogen) atoms. The predicted octanol–water partition coefficient (Wildman–Crippen LogP) is 2.00. The third-order valence-corrected chi connectivity index (χ3v) is 3.50. The quantitative estimate of drug-likeness (QED) is 0.640. The van der Waals surface area contributed by atoms with Gasteiger partial charge in [-0.15, -0.1) is 24.8 Å². The Bertz CT molecular complexity index is 426. The second-order valence-electron chi connectivity index (χ2n) is 4.58. The molecule has 1 aliphatic heterocycles. The average molecular weight is 325 g/mol. The van der Waals surface area contributed by atoms with Crippen LogP contribution in [0.25, 0.3) is 0 Å². The third-order valence-electron chi connectivity index (χ3n) is 3.50. The number of aromatic hydroxyl groups is 3. The molecule has 0 bridgehead atoms. The molecule has 5 nitrogen and oxygen atoms in total. The molecule has 116 valence electrons. The molecule has 1 fully saturated rings. The molecule has 1 heterocycles. The van der Waals surface area contributed by atoms with Crippen molar-refractivity contribution in [1.82, 2.24) is 10.2 Å². The Labute approximate surface area is 131 Å². The van der Waals surface area contributed by atoms with Crippen molar-refractivity contribution in [3.63, 3.8) is 0 Å². The molecule has 4 N–H and O–H groups in total. The molecule has 0 aromatic heterocycles. The molecule has 0 aliphatic carbocycles. The maximum atomic E-state index is 9.96. The Balaban J connectivity index is 0.00000180. The van der Waals surface area contributed by atoms with Gasteiger partial charge >= 0.3 is 0 Å². The van der Waals surface area contributed by atoms with Gasteiger partial charge in [0.05, 0.1) is 0 Å². The van der Waals surface area contributed by atoms with Gasteiger partial charge in [-0.05, 0) is 18.6 Å². The van der Waals surface area contributed by atoms with E-state index in [4.69, 9.17) is 0 Å². The molecule has 0 radical (unpaired) electrons. The van der Waals surface area contributed by atoms with Gasteiger partial charge in [0.1, 0.15) is 0 Å². The van der Waals surface area contributed by atoms with Gasteiger partial charge < -0.3 is 20.6 Å². The largest absolute Gasteiger partial charge is 0.504 e. The van der Waals surface area contributed by atoms with Crippen molar-refractivity contribution < 1.29 is 15.3 Å². The molecule has 1 saturated heterocycles. The van der Waals surface area contributed by atoms with Crippen LogP contribution < -0.4 is 5.32 Å². The highest BCUT2D eigenvalue weighted by Crippen LogP contribution is 2.42. The second kappa shape index (κ2) is 8.42. The number of nitrogens with one attached hydrogen (secondary N) is 1. The van der Waals surface area contributed by atoms with Gasteiger partial charge in [0.2, 0.25) is 5.75 Å². The van der Waals surface area contributed by atoms with E-state index in [9.17, 15) is 15.3 Å². The Hall–Kier alpha value is -0.880. The van der Waals surface area contributed by atoms with E-state index >= 15 is 0 Å². The van der Waals surface area contributed by atoms with Crippen LogP contribution in [0.3, 0.4) is 0 Å². The molecular formula is C13H22Cl2N2O3. The minimum Gasteiger partial charge on any atom is -0.504 e. The van der Waals surface area contributed by atoms with Crippen molar-refractivity contribution >= 4 is 24.8 Å². The van der Waals surface area contributed by atoms with E-state index < -0.39 is 5.75 Å². The SMILES string of the molecule is CC[C@H](c1ccc(O)c(O)c1O)N1CCNCC1.Cl.Cl. The molecule has 0 spiro atoms. The summed E-state index contributed by atoms with van der Waals surface area (Å²) < 4.78 is 0. The van der Waals surface area contributed by atoms with Crippen molar-refractivity contribution in [1.29, 1.82) is 0 Å². The van der Waals surface area contributed by atoms with Crippen LogP contribution in [0.2, 0.25) is 0 Å². The van der Waals surface area contributed by atoms with Gasteiger partial charge in [-0.2, -0.15) is 0 Å². The van der Waals surface area contributed by atoms with Gasteiger partial charge in [-0.3, -0.25) is 4.90 Å². The Kier molecular flexibility index (Phi) is 8.05. The van der Waals surface area contributed by atoms with E-state index in [2.05, 4.69) is 17.1 Å². The predicted molar refractivity (Wildman–Crippen MR) is 83.4 cm³/mol. The zero-order valence-corrected chi connectivity index (χ0v) is 13.0. The first-order chi connectivity index (χ1) is 8.65. The lowest BCUT2D eigenvalue weighted by Crippen LogP contribution is -2.45. The van der Waals surface area contributed by atoms with Gasteiger partial charge in [0.15, 0.2) is 11.5 Å². The Morgan fingerprint density at radius 2 is 1.70 bits per heavy atom. The summed E-state index contributed by atoms with van der Waals surface area (Å²) in [5.74, 6) is -0.923. The minimum absolute atomic E-state index is 0. The number of halogens is 2. The number of benzene rings is 1. The average Bonchev–Trinajstić information content (AvgIpc) is 2.41. The van der Waals surface area contributed by atoms with Crippen molar-refractivity contribution in [2.24, 2.45) is 0 Å². The first kappa shape index (κ1) is 19.1. The fraction of sp³-hybridized carbons (Fsp3) is 0.538. The first-order valence-electron chi connectivity index (χ1n) is 6.33. The fourth-order valence-corrected chi connectivity index (χ4v) is 2.52. The maximum absolute atomic E-state index is 9.96. The number of phenolic OH excluding ortho intramolecular Hbond substituents is 3. The van der Waals surface area contributed by atoms with Crippen LogP contribution in [-0.2, 0) is 0 Å². The highest BCUT2D eigenvalue weighted by atomic mass is 35.5. The highest BCUT2D eigenvalue weighted by molar-refractivity contribution is 5.85. The molecule has 2 rings (SSSR count). The van der Waals surface area contributed by atoms with Crippen molar-refractivity contribution in [3.05, 3.63) is 17.7 Å². The summed E-state index contributed by atoms with van der Waals surface area (Å²) in [6, 6.07) is 3.18. The van der Waals surface area contributed by atoms with E-state index in [0.717, 1.165) is 32.6 Å². The maximum Gasteiger partial charge on any atom is 0.200 e. The number of hydrogen-bond acceptors (Lipinski definition) is 5. The highest BCUT2D eigenvalue weighted by Gasteiger charge is 2.24. The van der Waals surface area contributed by atoms with Crippen molar-refractivity contribution in [3.8, 4) is 17.2 Å². The lowest BCUT2D eigenvalue weighted by Gasteiger charge is -2.35. The van der Waals surface area contributed by atoms with Gasteiger partial charge in [-0.25, -0.2) is 0 Å². The Morgan fingerprint density at radius 1 is 1.10 bits per heavy atom. The number of nitrogens with zero attached hydrogens (tertiary/aromatic N) is 1. The van der Waals surface area contributed by atoms with Crippen LogP contribution in [0.4, 0.5) is 0 Å². The summed E-state index contributed by atoms with van der Waals surface area (Å²) >= 11 is 0. The second-order valence-corrected chi connectivity index (χ2v) is 4.58. The zero-order chi connectivity index (χ0) is 13.1. The summed E-state index contributed by atoms with van der Waals surface area (Å²) in [5, 5.41) is 32.2. The number of piperazine rings is 1. The van der Waals surface area contributed by atoms with Crippen LogP contribution in [-0.4, -0.2) is 46.4 Å². The summed E-state index contributed by atoms with van der Waals surface area (Å²) in [4.78, 5) is 2.28. The van der Waals surface area contributed by atoms with E-state index in [1.54, 1.807) is 6.07 Å². The number of rotatable bonds is 3. The smallest absolute Gasteiger partial charge is 0.200 e. The minimum atomic E-state index is -0.430. The first-order valence-corrected chi connectivity index (χ1v) is 6.33. The van der Waals surface area contributed by atoms with Crippen LogP contribution in [0.1, 0.15) is 24.9 Å². The van der Waals surface area contributed by atoms with Gasteiger partial charge in [0.25, 0.3) is 0 Å². The molecule has 0 amide bonds. The lowest BCUT2D eigenvalue weighted by molar-refractivity contribution is 0.166. The van der Waals surface area contributed by atoms with Crippen LogP contribution >= 0.6 is 24.8 Å². The van der Waals surface area contributed by atoms with E-state index in [-0.39, 0.29) is 42.4 Å². The number of hydrogen-bond donors (Lipinski definition) is 4. The van der Waals surface area contributed by atoms with Gasteiger partial charge in [0, 0.05) is 37.8 Å². The molecule has 0 unspecified atom stereocenters. The standard InChI is InChI=1S/C13H20N2O3.2ClH/c1-2-10(15-7-5-14-6-8-15)9-3-4-11(16)13(18)12(9)17;;/h3-4,10,14,16-18H,2,5-8H2,1H3;2*1H/t10-;;/m1../s1. The summed E-state index contributed by atoms with van der Waals surface area (Å²) in [6.45, 7) is 5.75. The summed E-state index contributed by atoms with van der Waals surface area (Å²) in [6.07, 6.45) is 0.845. The zero-order valence-electron chi connectivity index (χ0n) is 11.4. The van der Waals surface area contributed by atoms with Crippen LogP contribution in [0.5, 0.6) is 17.2 Å². The molecule has 1 aromatic carbocycles. The monoisotopic (exact) mass is 324 g/mol. The topological polar surface area (TPSA) is 76.0 Å². The van der Waals surface area contributed by atoms with E-state index in [1.165, 1.54) is 6.07 Å². The van der Waals surface area contributed by atoms with Crippen molar-refractivity contribution in [2.75, 3.05) is 26.2 Å². The summed E-state index contributed by atoms with van der Waals surface area (Å²) in [7, 11) is 0. The molecule has 7 heteroatoms. The third kappa shape index (κ3) is 3.82. The molecular weight excluding hydrogens is 303 g/mol. The summed E-state index contributed by atoms with van der Waals surface area (Å²) in [5.41, 5.74) is 0.676. The lowest BCUT2D eigenvalue weighted by atomic mass is 10.00. The molecule has 1 aromatic rings. The van der Waals surface area contributed by atoms with E-state index in [1.807, 2.05) is 0 Å². The van der Waals surface area contributed by atoms with E-state index in [0.29, 0.717) is 5.56 Å². The van der Waals surface area contributed by atoms with Crippen LogP contribution in [0.15, 0.2) is 12.1 Å². The van der Waals surface area contributed by atoms with Crippen molar-refractivity contribution in [2.45, 2.75) is 19.4 Å². The normalized spacial score (nSPS) is 16.9. The fourth-order valence-electron chi connectivity index (χ4n) is 2.52. The van der Waals surface area contributed by atoms with Crippen LogP contribution in [0, 0.1) is 0 Å².